The number of methoxy groups -OCH3 is 2. The quantitative estimate of drug-likeness (QED) is 0.637. The van der Waals surface area contributed by atoms with Crippen LogP contribution in [0.4, 0.5) is 11.5 Å². The number of rotatable bonds is 5. The third kappa shape index (κ3) is 3.22. The van der Waals surface area contributed by atoms with Crippen molar-refractivity contribution in [1.82, 2.24) is 4.98 Å². The Kier molecular flexibility index (Phi) is 4.92. The van der Waals surface area contributed by atoms with Crippen molar-refractivity contribution in [3.63, 3.8) is 0 Å². The van der Waals surface area contributed by atoms with E-state index in [1.807, 2.05) is 4.90 Å². The molecule has 116 valence electrons. The van der Waals surface area contributed by atoms with Crippen LogP contribution in [0.1, 0.15) is 12.8 Å². The lowest BCUT2D eigenvalue weighted by Gasteiger charge is -2.38. The first kappa shape index (κ1) is 15.5. The lowest BCUT2D eigenvalue weighted by molar-refractivity contribution is -0.384. The molecule has 2 atom stereocenters. The summed E-state index contributed by atoms with van der Waals surface area (Å²) >= 11 is 0. The minimum atomic E-state index is -0.433. The Hall–Kier alpha value is -1.93. The fourth-order valence-corrected chi connectivity index (χ4v) is 2.62. The van der Waals surface area contributed by atoms with Crippen molar-refractivity contribution in [2.75, 3.05) is 32.2 Å². The number of ether oxygens (including phenoxy) is 2. The first-order chi connectivity index (χ1) is 10.1. The predicted octanol–water partition coefficient (Wildman–Crippen LogP) is 0.941. The maximum absolute atomic E-state index is 11.2. The Morgan fingerprint density at radius 2 is 2.29 bits per heavy atom. The number of nitrogens with zero attached hydrogens (tertiary/aromatic N) is 3. The Bertz CT molecular complexity index is 511. The summed E-state index contributed by atoms with van der Waals surface area (Å²) in [6.45, 7) is 0.997. The number of pyridine rings is 1. The van der Waals surface area contributed by atoms with Gasteiger partial charge in [0.25, 0.3) is 0 Å². The Labute approximate surface area is 123 Å². The summed E-state index contributed by atoms with van der Waals surface area (Å²) in [5.74, 6) is 0.657. The molecule has 0 radical (unpaired) electrons. The molecule has 0 aliphatic carbocycles. The Morgan fingerprint density at radius 3 is 2.86 bits per heavy atom. The van der Waals surface area contributed by atoms with Crippen molar-refractivity contribution in [1.29, 1.82) is 0 Å². The molecule has 8 nitrogen and oxygen atoms in total. The van der Waals surface area contributed by atoms with Crippen LogP contribution in [-0.2, 0) is 4.74 Å². The second-order valence-corrected chi connectivity index (χ2v) is 4.92. The van der Waals surface area contributed by atoms with E-state index in [4.69, 9.17) is 15.2 Å². The minimum Gasteiger partial charge on any atom is -0.481 e. The zero-order valence-electron chi connectivity index (χ0n) is 12.2. The van der Waals surface area contributed by atoms with Gasteiger partial charge in [0.15, 0.2) is 0 Å². The maximum Gasteiger partial charge on any atom is 0.311 e. The average Bonchev–Trinajstić information content (AvgIpc) is 2.53. The monoisotopic (exact) mass is 296 g/mol. The van der Waals surface area contributed by atoms with Crippen molar-refractivity contribution in [3.8, 4) is 5.88 Å². The van der Waals surface area contributed by atoms with E-state index in [9.17, 15) is 10.1 Å². The number of aromatic nitrogens is 1. The molecule has 21 heavy (non-hydrogen) atoms. The van der Waals surface area contributed by atoms with Gasteiger partial charge in [0.2, 0.25) is 11.7 Å². The van der Waals surface area contributed by atoms with Gasteiger partial charge < -0.3 is 20.1 Å². The molecular weight excluding hydrogens is 276 g/mol. The molecule has 0 saturated carbocycles. The van der Waals surface area contributed by atoms with Crippen LogP contribution < -0.4 is 15.4 Å². The van der Waals surface area contributed by atoms with Crippen molar-refractivity contribution in [2.24, 2.45) is 5.73 Å². The van der Waals surface area contributed by atoms with Gasteiger partial charge in [-0.25, -0.2) is 0 Å². The Balaban J connectivity index is 2.36. The summed E-state index contributed by atoms with van der Waals surface area (Å²) in [6.07, 6.45) is 1.63. The summed E-state index contributed by atoms with van der Waals surface area (Å²) in [7, 11) is 3.15. The largest absolute Gasteiger partial charge is 0.481 e. The van der Waals surface area contributed by atoms with Gasteiger partial charge in [-0.1, -0.05) is 0 Å². The topological polar surface area (TPSA) is 104 Å². The highest BCUT2D eigenvalue weighted by Crippen LogP contribution is 2.33. The van der Waals surface area contributed by atoms with Crippen molar-refractivity contribution >= 4 is 11.5 Å². The predicted molar refractivity (Wildman–Crippen MR) is 77.7 cm³/mol. The standard InChI is InChI=1S/C13H20N4O4/c1-20-10-5-6-16(9(7-10)8-14)13-11(17(18)19)3-4-12(15-13)21-2/h3-4,9-10H,5-8,14H2,1-2H3. The second-order valence-electron chi connectivity index (χ2n) is 4.92. The molecule has 1 aliphatic heterocycles. The van der Waals surface area contributed by atoms with E-state index in [1.165, 1.54) is 19.2 Å². The van der Waals surface area contributed by atoms with E-state index in [0.29, 0.717) is 24.8 Å². The molecule has 0 aromatic carbocycles. The summed E-state index contributed by atoms with van der Waals surface area (Å²) in [5.41, 5.74) is 5.78. The van der Waals surface area contributed by atoms with Crippen LogP contribution in [0, 0.1) is 10.1 Å². The molecule has 1 aliphatic rings. The van der Waals surface area contributed by atoms with Crippen LogP contribution in [0.25, 0.3) is 0 Å². The number of anilines is 1. The van der Waals surface area contributed by atoms with Crippen LogP contribution in [0.15, 0.2) is 12.1 Å². The SMILES string of the molecule is COc1ccc([N+](=O)[O-])c(N2CCC(OC)CC2CN)n1. The number of hydrogen-bond acceptors (Lipinski definition) is 7. The second kappa shape index (κ2) is 6.68. The first-order valence-corrected chi connectivity index (χ1v) is 6.79. The van der Waals surface area contributed by atoms with Crippen LogP contribution in [0.5, 0.6) is 5.88 Å². The number of nitro groups is 1. The molecule has 2 rings (SSSR count). The van der Waals surface area contributed by atoms with Gasteiger partial charge in [0.1, 0.15) is 0 Å². The van der Waals surface area contributed by atoms with E-state index in [0.717, 1.165) is 12.8 Å². The first-order valence-electron chi connectivity index (χ1n) is 6.79. The fraction of sp³-hybridized carbons (Fsp3) is 0.615. The summed E-state index contributed by atoms with van der Waals surface area (Å²) in [6, 6.07) is 2.86. The summed E-state index contributed by atoms with van der Waals surface area (Å²) in [5, 5.41) is 11.2. The van der Waals surface area contributed by atoms with Gasteiger partial charge in [0.05, 0.1) is 18.1 Å². The van der Waals surface area contributed by atoms with Crippen molar-refractivity contribution in [3.05, 3.63) is 22.2 Å². The van der Waals surface area contributed by atoms with Gasteiger partial charge in [-0.05, 0) is 12.8 Å². The van der Waals surface area contributed by atoms with E-state index in [1.54, 1.807) is 7.11 Å². The smallest absolute Gasteiger partial charge is 0.311 e. The summed E-state index contributed by atoms with van der Waals surface area (Å²) in [4.78, 5) is 16.9. The molecule has 1 aromatic heterocycles. The highest BCUT2D eigenvalue weighted by molar-refractivity contribution is 5.60. The maximum atomic E-state index is 11.2. The lowest BCUT2D eigenvalue weighted by atomic mass is 9.99. The van der Waals surface area contributed by atoms with E-state index in [2.05, 4.69) is 4.98 Å². The van der Waals surface area contributed by atoms with Crippen LogP contribution >= 0.6 is 0 Å². The molecule has 0 bridgehead atoms. The fourth-order valence-electron chi connectivity index (χ4n) is 2.62. The third-order valence-electron chi connectivity index (χ3n) is 3.78. The minimum absolute atomic E-state index is 0.0369. The number of piperidine rings is 1. The van der Waals surface area contributed by atoms with Gasteiger partial charge in [-0.15, -0.1) is 0 Å². The van der Waals surface area contributed by atoms with Gasteiger partial charge >= 0.3 is 5.69 Å². The molecule has 1 fully saturated rings. The van der Waals surface area contributed by atoms with Gasteiger partial charge in [-0.3, -0.25) is 10.1 Å². The van der Waals surface area contributed by atoms with Crippen molar-refractivity contribution in [2.45, 2.75) is 25.0 Å². The molecule has 1 aromatic rings. The lowest BCUT2D eigenvalue weighted by Crippen LogP contribution is -2.49. The molecule has 8 heteroatoms. The van der Waals surface area contributed by atoms with E-state index < -0.39 is 4.92 Å². The normalized spacial score (nSPS) is 22.1. The molecule has 2 unspecified atom stereocenters. The highest BCUT2D eigenvalue weighted by Gasteiger charge is 2.32. The summed E-state index contributed by atoms with van der Waals surface area (Å²) < 4.78 is 10.4. The molecular formula is C13H20N4O4. The molecule has 0 amide bonds. The molecule has 2 N–H and O–H groups in total. The van der Waals surface area contributed by atoms with Gasteiger partial charge in [-0.2, -0.15) is 4.98 Å². The molecule has 0 spiro atoms. The third-order valence-corrected chi connectivity index (χ3v) is 3.78. The Morgan fingerprint density at radius 1 is 1.52 bits per heavy atom. The van der Waals surface area contributed by atoms with Crippen LogP contribution in [-0.4, -0.2) is 49.4 Å². The van der Waals surface area contributed by atoms with Crippen molar-refractivity contribution < 1.29 is 14.4 Å². The van der Waals surface area contributed by atoms with E-state index >= 15 is 0 Å². The molecule has 2 heterocycles. The van der Waals surface area contributed by atoms with Crippen LogP contribution in [0.3, 0.4) is 0 Å². The zero-order chi connectivity index (χ0) is 15.4. The highest BCUT2D eigenvalue weighted by atomic mass is 16.6. The van der Waals surface area contributed by atoms with Crippen LogP contribution in [0.2, 0.25) is 0 Å². The zero-order valence-corrected chi connectivity index (χ0v) is 12.2. The van der Waals surface area contributed by atoms with E-state index in [-0.39, 0.29) is 17.8 Å². The van der Waals surface area contributed by atoms with Gasteiger partial charge in [0, 0.05) is 38.4 Å². The average molecular weight is 296 g/mol. The molecule has 1 saturated heterocycles. The number of hydrogen-bond donors (Lipinski definition) is 1. The number of nitrogens with two attached hydrogens (primary N) is 1.